The van der Waals surface area contributed by atoms with Crippen LogP contribution >= 0.6 is 29.7 Å². The molecule has 1 nitrogen and oxygen atoms in total. The first-order valence-electron chi connectivity index (χ1n) is 2.45. The zero-order valence-electron chi connectivity index (χ0n) is 5.47. The van der Waals surface area contributed by atoms with Crippen molar-refractivity contribution in [1.29, 1.82) is 9.00 Å². The molecule has 0 aliphatic rings. The highest BCUT2D eigenvalue weighted by Crippen LogP contribution is 2.11. The second-order valence-electron chi connectivity index (χ2n) is 0.518. The average Bonchev–Trinajstić information content (AvgIpc) is 1.64. The minimum absolute atomic E-state index is 0.602. The molecule has 0 heterocycles. The van der Waals surface area contributed by atoms with E-state index in [4.69, 9.17) is 9.00 Å². The molecule has 0 rings (SSSR count). The Balaban J connectivity index is 3.64. The fraction of sp³-hybridized carbons (Fsp3) is 0. The zero-order chi connectivity index (χ0) is 6.73. The van der Waals surface area contributed by atoms with Crippen molar-refractivity contribution in [2.24, 2.45) is 0 Å². The van der Waals surface area contributed by atoms with E-state index in [1.807, 2.05) is 0 Å². The highest BCUT2D eigenvalue weighted by molar-refractivity contribution is 8.40. The van der Waals surface area contributed by atoms with Crippen LogP contribution in [0.25, 0.3) is 0 Å². The smallest absolute Gasteiger partial charge is 0.267 e. The maximum absolute atomic E-state index is 6.78. The van der Waals surface area contributed by atoms with Crippen LogP contribution in [0, 0.1) is 5.16 Å². The molecule has 0 bridgehead atoms. The van der Waals surface area contributed by atoms with Gasteiger partial charge in [0, 0.05) is 2.56 Å². The highest BCUT2D eigenvalue weighted by Gasteiger charge is 1.85. The molecule has 0 aromatic heterocycles. The lowest BCUT2D eigenvalue weighted by Gasteiger charge is -1.75. The second-order valence-corrected chi connectivity index (χ2v) is 3.80. The molecule has 0 aliphatic carbocycles. The third-order valence-electron chi connectivity index (χ3n) is 0.129. The highest BCUT2D eigenvalue weighted by atomic mass is 32.1. The van der Waals surface area contributed by atoms with E-state index in [1.54, 1.807) is 0 Å². The minimum Gasteiger partial charge on any atom is -0.332 e. The van der Waals surface area contributed by atoms with Gasteiger partial charge < -0.3 is 5.16 Å². The van der Waals surface area contributed by atoms with E-state index in [9.17, 15) is 0 Å². The topological polar surface area (TPSA) is 23.9 Å². The fourth-order valence-electron chi connectivity index (χ4n) is 0. The van der Waals surface area contributed by atoms with E-state index in [2.05, 4.69) is 12.5 Å². The molecule has 2 atom stereocenters. The quantitative estimate of drug-likeness (QED) is 0.316. The van der Waals surface area contributed by atoms with Gasteiger partial charge in [0.1, 0.15) is 0 Å². The summed E-state index contributed by atoms with van der Waals surface area (Å²) in [6.07, 6.45) is 0. The van der Waals surface area contributed by atoms with Crippen LogP contribution in [0.15, 0.2) is 0 Å². The van der Waals surface area contributed by atoms with Crippen LogP contribution in [-0.4, -0.2) is 9.27 Å². The van der Waals surface area contributed by atoms with Crippen LogP contribution in [0.1, 0.15) is 0 Å². The molecule has 0 saturated carbocycles. The molecule has 0 amide bonds. The summed E-state index contributed by atoms with van der Waals surface area (Å²) in [5, 5.41) is 6.78. The van der Waals surface area contributed by atoms with E-state index in [1.165, 1.54) is 0 Å². The van der Waals surface area contributed by atoms with E-state index in [-0.39, 0.29) is 0 Å². The van der Waals surface area contributed by atoms with Gasteiger partial charge in [0.25, 0.3) is 5.43 Å². The Morgan fingerprint density at radius 1 is 3.00 bits per heavy atom. The SMILES string of the molecule is [2H]P([3H])B(S)[PH]([3H])=N. The molecule has 2 unspecified atom stereocenters. The van der Waals surface area contributed by atoms with Gasteiger partial charge in [0.2, 0.25) is 0 Å². The normalized spacial score (nSPS) is 28.6. The van der Waals surface area contributed by atoms with Crippen molar-refractivity contribution in [1.82, 2.24) is 0 Å². The molecule has 0 fully saturated rings. The van der Waals surface area contributed by atoms with Gasteiger partial charge in [-0.15, -0.1) is 0 Å². The maximum Gasteiger partial charge on any atom is 0.267 e. The summed E-state index contributed by atoms with van der Waals surface area (Å²) in [6.45, 7) is 0. The van der Waals surface area contributed by atoms with Crippen molar-refractivity contribution in [2.45, 2.75) is 0 Å². The Bertz CT molecular complexity index is 97.3. The van der Waals surface area contributed by atoms with Crippen molar-refractivity contribution >= 4 is 35.1 Å². The first-order valence-corrected chi connectivity index (χ1v) is 3.17. The van der Waals surface area contributed by atoms with Crippen LogP contribution in [-0.2, 0) is 0 Å². The predicted octanol–water partition coefficient (Wildman–Crippen LogP) is 0.949. The standard InChI is InChI=1S/BH6NP2S/c2-4-1(3)5/h2,5H,3-4H2/i3TD,4T. The molecule has 1 N–H and O–H groups in total. The number of nitrogens with one attached hydrogen (secondary N) is 1. The van der Waals surface area contributed by atoms with Gasteiger partial charge in [-0.1, -0.05) is 8.20 Å². The van der Waals surface area contributed by atoms with Gasteiger partial charge in [-0.25, -0.2) is 12.5 Å². The maximum atomic E-state index is 6.78. The fourth-order valence-corrected chi connectivity index (χ4v) is 0. The number of hydrogen-bond acceptors (Lipinski definition) is 2. The van der Waals surface area contributed by atoms with E-state index in [0.717, 1.165) is 0 Å². The van der Waals surface area contributed by atoms with Gasteiger partial charge in [-0.05, 0) is 0 Å². The van der Waals surface area contributed by atoms with Crippen LogP contribution in [0.2, 0.25) is 0 Å². The molecular formula is H6BNP2S. The molecule has 0 radical (unpaired) electrons. The molecule has 5 heavy (non-hydrogen) atoms. The van der Waals surface area contributed by atoms with E-state index in [0.29, 0.717) is 0 Å². The second kappa shape index (κ2) is 3.27. The third-order valence-corrected chi connectivity index (χ3v) is 1.16. The summed E-state index contributed by atoms with van der Waals surface area (Å²) >= 11 is 3.74. The lowest BCUT2D eigenvalue weighted by atomic mass is 10.7. The third kappa shape index (κ3) is 5.07. The largest absolute Gasteiger partial charge is 0.332 e. The summed E-state index contributed by atoms with van der Waals surface area (Å²) in [7, 11) is -3.66. The number of thiol groups is 1. The Kier molecular flexibility index (Phi) is 1.57. The van der Waals surface area contributed by atoms with Crippen molar-refractivity contribution in [2.75, 3.05) is 0 Å². The first-order chi connectivity index (χ1) is 3.55. The lowest BCUT2D eigenvalue weighted by molar-refractivity contribution is 1.66. The van der Waals surface area contributed by atoms with Crippen LogP contribution in [0.5, 0.6) is 0 Å². The molecule has 0 aromatic carbocycles. The summed E-state index contributed by atoms with van der Waals surface area (Å²) in [6, 6.07) is 0. The van der Waals surface area contributed by atoms with Crippen LogP contribution in [0.4, 0.5) is 0 Å². The van der Waals surface area contributed by atoms with Crippen molar-refractivity contribution in [3.8, 4) is 0 Å². The Morgan fingerprint density at radius 3 is 3.60 bits per heavy atom. The van der Waals surface area contributed by atoms with E-state index >= 15 is 0 Å². The van der Waals surface area contributed by atoms with Gasteiger partial charge in [0.05, 0.1) is 1.28 Å². The molecule has 0 spiro atoms. The predicted molar refractivity (Wildman–Crippen MR) is 36.9 cm³/mol. The van der Waals surface area contributed by atoms with Crippen molar-refractivity contribution in [3.05, 3.63) is 0 Å². The van der Waals surface area contributed by atoms with Crippen LogP contribution < -0.4 is 0 Å². The molecule has 0 aromatic rings. The first kappa shape index (κ1) is 2.40. The zero-order valence-corrected chi connectivity index (χ0v) is 5.26. The molecule has 0 saturated heterocycles. The number of hydrogen-bond donors (Lipinski definition) is 2. The van der Waals surface area contributed by atoms with Crippen LogP contribution in [0.3, 0.4) is 0 Å². The van der Waals surface area contributed by atoms with Crippen molar-refractivity contribution in [3.63, 3.8) is 0 Å². The van der Waals surface area contributed by atoms with Gasteiger partial charge in [-0.2, -0.15) is 9.01 Å². The molecule has 0 aliphatic heterocycles. The van der Waals surface area contributed by atoms with Gasteiger partial charge >= 0.3 is 0 Å². The molecule has 30 valence electrons. The Morgan fingerprint density at radius 2 is 3.60 bits per heavy atom. The lowest BCUT2D eigenvalue weighted by Crippen LogP contribution is -1.66. The Labute approximate surface area is 45.0 Å². The minimum atomic E-state index is -1.99. The summed E-state index contributed by atoms with van der Waals surface area (Å²) in [5.41, 5.74) is -0.602. The van der Waals surface area contributed by atoms with Gasteiger partial charge in [0.15, 0.2) is 0 Å². The van der Waals surface area contributed by atoms with Crippen molar-refractivity contribution < 1.29 is 0 Å². The Hall–Kier alpha value is 1.07. The molecular weight excluding hydrogens is 119 g/mol. The monoisotopic (exact) mass is 130 g/mol. The summed E-state index contributed by atoms with van der Waals surface area (Å²) in [5.74, 6) is 0. The van der Waals surface area contributed by atoms with Gasteiger partial charge in [-0.3, -0.25) is 0 Å². The summed E-state index contributed by atoms with van der Waals surface area (Å²) < 4.78 is 20.3. The average molecular weight is 130 g/mol. The summed E-state index contributed by atoms with van der Waals surface area (Å²) in [4.78, 5) is 0. The number of rotatable bonds is 2. The van der Waals surface area contributed by atoms with E-state index < -0.39 is 22.6 Å². The molecule has 5 heteroatoms.